The van der Waals surface area contributed by atoms with E-state index in [1.165, 1.54) is 5.56 Å². The third-order valence-corrected chi connectivity index (χ3v) is 6.15. The minimum atomic E-state index is -3.31. The van der Waals surface area contributed by atoms with Crippen LogP contribution in [0, 0.1) is 5.92 Å². The second-order valence-electron chi connectivity index (χ2n) is 7.99. The minimum Gasteiger partial charge on any atom is -0.326 e. The standard InChI is InChI=1S/C21H27N3O3S/c1-24(13-9-17-4-3-12-22-16-17)14-10-19(11-15-24)21(25)18-5-7-20(8-6-18)23-28(2,26)27/h3-8,12,16,19H,9-11,13-15H2,1-2H3/p+1. The lowest BCUT2D eigenvalue weighted by Crippen LogP contribution is -2.51. The van der Waals surface area contributed by atoms with E-state index < -0.39 is 10.0 Å². The Morgan fingerprint density at radius 2 is 1.86 bits per heavy atom. The number of rotatable bonds is 7. The topological polar surface area (TPSA) is 76.1 Å². The Hall–Kier alpha value is -2.25. The molecule has 0 aliphatic carbocycles. The van der Waals surface area contributed by atoms with Gasteiger partial charge in [-0.2, -0.15) is 0 Å². The van der Waals surface area contributed by atoms with E-state index >= 15 is 0 Å². The van der Waals surface area contributed by atoms with Gasteiger partial charge in [0, 0.05) is 48.8 Å². The number of Topliss-reactive ketones (excluding diaryl/α,β-unsaturated/α-hetero) is 1. The lowest BCUT2D eigenvalue weighted by Gasteiger charge is -2.40. The number of anilines is 1. The van der Waals surface area contributed by atoms with Gasteiger partial charge in [0.15, 0.2) is 5.78 Å². The molecule has 0 amide bonds. The number of quaternary nitrogens is 1. The Balaban J connectivity index is 1.54. The number of nitrogens with one attached hydrogen (secondary N) is 1. The average Bonchev–Trinajstić information content (AvgIpc) is 2.67. The van der Waals surface area contributed by atoms with Crippen molar-refractivity contribution >= 4 is 21.5 Å². The van der Waals surface area contributed by atoms with Gasteiger partial charge in [0.2, 0.25) is 10.0 Å². The summed E-state index contributed by atoms with van der Waals surface area (Å²) >= 11 is 0. The van der Waals surface area contributed by atoms with Gasteiger partial charge in [-0.1, -0.05) is 6.07 Å². The largest absolute Gasteiger partial charge is 0.326 e. The molecule has 2 aromatic rings. The molecule has 1 N–H and O–H groups in total. The van der Waals surface area contributed by atoms with Crippen LogP contribution in [-0.2, 0) is 16.4 Å². The summed E-state index contributed by atoms with van der Waals surface area (Å²) in [6, 6.07) is 10.8. The highest BCUT2D eigenvalue weighted by atomic mass is 32.2. The van der Waals surface area contributed by atoms with Crippen LogP contribution in [0.15, 0.2) is 48.8 Å². The Labute approximate surface area is 167 Å². The molecule has 28 heavy (non-hydrogen) atoms. The maximum atomic E-state index is 12.8. The highest BCUT2D eigenvalue weighted by molar-refractivity contribution is 7.92. The maximum absolute atomic E-state index is 12.8. The average molecular weight is 403 g/mol. The number of likely N-dealkylation sites (tertiary alicyclic amines) is 1. The summed E-state index contributed by atoms with van der Waals surface area (Å²) in [5.41, 5.74) is 2.38. The predicted molar refractivity (Wildman–Crippen MR) is 111 cm³/mol. The van der Waals surface area contributed by atoms with E-state index in [1.807, 2.05) is 12.3 Å². The fourth-order valence-electron chi connectivity index (χ4n) is 3.77. The van der Waals surface area contributed by atoms with Crippen LogP contribution in [0.1, 0.15) is 28.8 Å². The normalized spacial score (nSPS) is 22.6. The highest BCUT2D eigenvalue weighted by Gasteiger charge is 2.33. The van der Waals surface area contributed by atoms with Crippen molar-refractivity contribution in [2.24, 2.45) is 5.92 Å². The van der Waals surface area contributed by atoms with E-state index in [1.54, 1.807) is 30.5 Å². The van der Waals surface area contributed by atoms with Crippen LogP contribution in [0.25, 0.3) is 0 Å². The molecule has 2 heterocycles. The smallest absolute Gasteiger partial charge is 0.229 e. The number of ketones is 1. The van der Waals surface area contributed by atoms with E-state index in [4.69, 9.17) is 0 Å². The molecule has 150 valence electrons. The van der Waals surface area contributed by atoms with E-state index in [-0.39, 0.29) is 11.7 Å². The quantitative estimate of drug-likeness (QED) is 0.571. The summed E-state index contributed by atoms with van der Waals surface area (Å²) in [5, 5.41) is 0. The van der Waals surface area contributed by atoms with Gasteiger partial charge in [-0.05, 0) is 35.9 Å². The number of carbonyl (C=O) groups is 1. The van der Waals surface area contributed by atoms with Gasteiger partial charge in [0.1, 0.15) is 0 Å². The zero-order valence-electron chi connectivity index (χ0n) is 16.5. The fraction of sp³-hybridized carbons (Fsp3) is 0.429. The molecule has 7 heteroatoms. The molecule has 1 aromatic heterocycles. The molecule has 1 aromatic carbocycles. The molecule has 0 bridgehead atoms. The number of hydrogen-bond donors (Lipinski definition) is 1. The molecule has 1 fully saturated rings. The molecule has 1 aliphatic heterocycles. The Kier molecular flexibility index (Phi) is 6.15. The van der Waals surface area contributed by atoms with Crippen LogP contribution in [-0.4, -0.2) is 56.6 Å². The Morgan fingerprint density at radius 3 is 2.43 bits per heavy atom. The van der Waals surface area contributed by atoms with Crippen molar-refractivity contribution in [2.75, 3.05) is 37.7 Å². The van der Waals surface area contributed by atoms with Crippen molar-refractivity contribution < 1.29 is 17.7 Å². The van der Waals surface area contributed by atoms with E-state index in [0.29, 0.717) is 11.3 Å². The first-order valence-electron chi connectivity index (χ1n) is 9.59. The maximum Gasteiger partial charge on any atom is 0.229 e. The summed E-state index contributed by atoms with van der Waals surface area (Å²) in [6.45, 7) is 3.03. The van der Waals surface area contributed by atoms with Crippen LogP contribution in [0.5, 0.6) is 0 Å². The van der Waals surface area contributed by atoms with Gasteiger partial charge in [0.05, 0.1) is 32.9 Å². The zero-order valence-corrected chi connectivity index (χ0v) is 17.3. The number of benzene rings is 1. The summed E-state index contributed by atoms with van der Waals surface area (Å²) in [5.74, 6) is 0.197. The molecule has 0 saturated carbocycles. The molecular weight excluding hydrogens is 374 g/mol. The zero-order chi connectivity index (χ0) is 20.2. The molecule has 0 radical (unpaired) electrons. The first kappa shape index (κ1) is 20.5. The van der Waals surface area contributed by atoms with Gasteiger partial charge in [-0.25, -0.2) is 8.42 Å². The van der Waals surface area contributed by atoms with E-state index in [2.05, 4.69) is 22.8 Å². The first-order chi connectivity index (χ1) is 13.2. The van der Waals surface area contributed by atoms with Crippen molar-refractivity contribution in [1.29, 1.82) is 0 Å². The Bertz CT molecular complexity index is 904. The van der Waals surface area contributed by atoms with Crippen LogP contribution in [0.3, 0.4) is 0 Å². The molecule has 3 rings (SSSR count). The van der Waals surface area contributed by atoms with Crippen molar-refractivity contribution in [1.82, 2.24) is 4.98 Å². The monoisotopic (exact) mass is 402 g/mol. The third kappa shape index (κ3) is 5.62. The number of aromatic nitrogens is 1. The van der Waals surface area contributed by atoms with E-state index in [9.17, 15) is 13.2 Å². The van der Waals surface area contributed by atoms with Gasteiger partial charge in [0.25, 0.3) is 0 Å². The van der Waals surface area contributed by atoms with Crippen LogP contribution in [0.2, 0.25) is 0 Å². The molecule has 6 nitrogen and oxygen atoms in total. The van der Waals surface area contributed by atoms with Crippen molar-refractivity contribution in [3.63, 3.8) is 0 Å². The van der Waals surface area contributed by atoms with E-state index in [0.717, 1.165) is 49.6 Å². The van der Waals surface area contributed by atoms with Crippen molar-refractivity contribution in [2.45, 2.75) is 19.3 Å². The number of nitrogens with zero attached hydrogens (tertiary/aromatic N) is 2. The Morgan fingerprint density at radius 1 is 1.18 bits per heavy atom. The summed E-state index contributed by atoms with van der Waals surface area (Å²) in [6.07, 6.45) is 7.58. The first-order valence-corrected chi connectivity index (χ1v) is 11.5. The molecule has 0 unspecified atom stereocenters. The summed E-state index contributed by atoms with van der Waals surface area (Å²) in [4.78, 5) is 17.0. The SMILES string of the molecule is C[N+]1(CCc2cccnc2)CCC(C(=O)c2ccc(NS(C)(=O)=O)cc2)CC1. The van der Waals surface area contributed by atoms with Gasteiger partial charge in [-0.15, -0.1) is 0 Å². The summed E-state index contributed by atoms with van der Waals surface area (Å²) < 4.78 is 26.0. The molecule has 0 spiro atoms. The molecule has 1 aliphatic rings. The second-order valence-corrected chi connectivity index (χ2v) is 9.74. The van der Waals surface area contributed by atoms with Crippen molar-refractivity contribution in [3.8, 4) is 0 Å². The minimum absolute atomic E-state index is 0.0401. The lowest BCUT2D eigenvalue weighted by atomic mass is 9.87. The van der Waals surface area contributed by atoms with Crippen LogP contribution < -0.4 is 4.72 Å². The molecule has 0 atom stereocenters. The number of carbonyl (C=O) groups excluding carboxylic acids is 1. The number of piperidine rings is 1. The summed E-state index contributed by atoms with van der Waals surface area (Å²) in [7, 11) is -1.04. The third-order valence-electron chi connectivity index (χ3n) is 5.54. The van der Waals surface area contributed by atoms with Crippen LogP contribution >= 0.6 is 0 Å². The number of hydrogen-bond acceptors (Lipinski definition) is 4. The number of pyridine rings is 1. The van der Waals surface area contributed by atoms with Gasteiger partial charge < -0.3 is 4.48 Å². The predicted octanol–water partition coefficient (Wildman–Crippen LogP) is 2.74. The fourth-order valence-corrected chi connectivity index (χ4v) is 4.34. The second kappa shape index (κ2) is 8.41. The molecule has 1 saturated heterocycles. The van der Waals surface area contributed by atoms with Gasteiger partial charge in [-0.3, -0.25) is 14.5 Å². The van der Waals surface area contributed by atoms with Crippen LogP contribution in [0.4, 0.5) is 5.69 Å². The highest BCUT2D eigenvalue weighted by Crippen LogP contribution is 2.26. The molecular formula is C21H28N3O3S+. The van der Waals surface area contributed by atoms with Crippen molar-refractivity contribution in [3.05, 3.63) is 59.9 Å². The number of likely N-dealkylation sites (N-methyl/N-ethyl adjacent to an activating group) is 1. The lowest BCUT2D eigenvalue weighted by molar-refractivity contribution is -0.914. The van der Waals surface area contributed by atoms with Gasteiger partial charge >= 0.3 is 0 Å². The number of sulfonamides is 1.